The van der Waals surface area contributed by atoms with Crippen LogP contribution in [0.15, 0.2) is 0 Å². The number of aliphatic hydroxyl groups excluding tert-OH is 1. The Bertz CT molecular complexity index is 1820. The van der Waals surface area contributed by atoms with Crippen molar-refractivity contribution in [3.63, 3.8) is 0 Å². The Morgan fingerprint density at radius 1 is 0.287 bits per heavy atom. The Morgan fingerprint density at radius 3 is 0.723 bits per heavy atom. The Labute approximate surface area is 575 Å². The average molecular weight is 1380 g/mol. The first-order valence-corrected chi connectivity index (χ1v) is 42.0. The molecule has 0 heterocycles. The molecule has 0 saturated heterocycles. The normalized spacial score (nSPS) is 14.0. The molecular weight excluding hydrogens is 1230 g/mol. The zero-order chi connectivity index (χ0) is 69.3. The van der Waals surface area contributed by atoms with Gasteiger partial charge in [0.25, 0.3) is 0 Å². The fourth-order valence-corrected chi connectivity index (χ4v) is 13.1. The number of aliphatic hydroxyl groups is 1. The van der Waals surface area contributed by atoms with Crippen molar-refractivity contribution in [3.8, 4) is 0 Å². The van der Waals surface area contributed by atoms with Crippen molar-refractivity contribution in [1.82, 2.24) is 0 Å². The molecule has 0 aromatic carbocycles. The summed E-state index contributed by atoms with van der Waals surface area (Å²) < 4.78 is 68.5. The highest BCUT2D eigenvalue weighted by Gasteiger charge is 2.30. The van der Waals surface area contributed by atoms with E-state index >= 15 is 0 Å². The van der Waals surface area contributed by atoms with Gasteiger partial charge in [0, 0.05) is 25.7 Å². The monoisotopic (exact) mass is 1380 g/mol. The molecule has 0 bridgehead atoms. The molecule has 3 N–H and O–H groups in total. The fourth-order valence-electron chi connectivity index (χ4n) is 11.5. The third-order valence-corrected chi connectivity index (χ3v) is 19.4. The van der Waals surface area contributed by atoms with E-state index in [4.69, 9.17) is 37.0 Å². The molecule has 0 fully saturated rings. The van der Waals surface area contributed by atoms with E-state index in [0.29, 0.717) is 25.7 Å². The van der Waals surface area contributed by atoms with E-state index < -0.39 is 97.5 Å². The van der Waals surface area contributed by atoms with E-state index in [1.165, 1.54) is 205 Å². The predicted molar refractivity (Wildman–Crippen MR) is 381 cm³/mol. The van der Waals surface area contributed by atoms with Crippen LogP contribution in [-0.2, 0) is 65.4 Å². The number of hydrogen-bond donors (Lipinski definition) is 3. The maximum Gasteiger partial charge on any atom is 0.472 e. The lowest BCUT2D eigenvalue weighted by molar-refractivity contribution is -0.161. The zero-order valence-corrected chi connectivity index (χ0v) is 63.1. The maximum atomic E-state index is 13.1. The van der Waals surface area contributed by atoms with Crippen molar-refractivity contribution in [2.45, 2.75) is 407 Å². The van der Waals surface area contributed by atoms with E-state index in [2.05, 4.69) is 41.5 Å². The lowest BCUT2D eigenvalue weighted by Crippen LogP contribution is -2.30. The summed E-state index contributed by atoms with van der Waals surface area (Å²) in [6.45, 7) is 9.61. The highest BCUT2D eigenvalue weighted by molar-refractivity contribution is 7.47. The number of hydrogen-bond acceptors (Lipinski definition) is 15. The van der Waals surface area contributed by atoms with Crippen LogP contribution < -0.4 is 0 Å². The number of phosphoric ester groups is 2. The number of phosphoric acid groups is 2. The van der Waals surface area contributed by atoms with Gasteiger partial charge < -0.3 is 33.8 Å². The van der Waals surface area contributed by atoms with E-state index in [1.54, 1.807) is 0 Å². The number of carbonyl (C=O) groups excluding carboxylic acids is 4. The van der Waals surface area contributed by atoms with E-state index in [-0.39, 0.29) is 25.7 Å². The van der Waals surface area contributed by atoms with Crippen LogP contribution >= 0.6 is 15.6 Å². The molecule has 0 amide bonds. The van der Waals surface area contributed by atoms with Crippen LogP contribution in [0.4, 0.5) is 0 Å². The van der Waals surface area contributed by atoms with Gasteiger partial charge in [-0.05, 0) is 37.5 Å². The van der Waals surface area contributed by atoms with E-state index in [9.17, 15) is 43.2 Å². The van der Waals surface area contributed by atoms with Gasteiger partial charge in [-0.1, -0.05) is 337 Å². The van der Waals surface area contributed by atoms with Gasteiger partial charge in [-0.25, -0.2) is 9.13 Å². The van der Waals surface area contributed by atoms with Crippen molar-refractivity contribution < 1.29 is 80.2 Å². The van der Waals surface area contributed by atoms with Crippen molar-refractivity contribution in [3.05, 3.63) is 0 Å². The summed E-state index contributed by atoms with van der Waals surface area (Å²) in [5, 5.41) is 10.6. The van der Waals surface area contributed by atoms with Gasteiger partial charge in [0.1, 0.15) is 19.3 Å². The van der Waals surface area contributed by atoms with Crippen molar-refractivity contribution >= 4 is 39.5 Å². The molecule has 0 aliphatic rings. The summed E-state index contributed by atoms with van der Waals surface area (Å²) >= 11 is 0. The van der Waals surface area contributed by atoms with Crippen LogP contribution in [-0.4, -0.2) is 96.7 Å². The molecule has 5 atom stereocenters. The number of ether oxygens (including phenoxy) is 4. The fraction of sp³-hybridized carbons (Fsp3) is 0.947. The SMILES string of the molecule is CCCCCCCCCCCCCCCCC(=O)O[C@H](COC(=O)CCCCCCCCCCC)COP(=O)(O)OC[C@H](O)COP(=O)(O)OC[C@@H](COC(=O)CCCCCCCCCCCCCC(C)C)OC(=O)CCCCCCCCCCCCCCCCC(C)C. The summed E-state index contributed by atoms with van der Waals surface area (Å²) in [5.74, 6) is -0.550. The van der Waals surface area contributed by atoms with Crippen molar-refractivity contribution in [2.24, 2.45) is 11.8 Å². The molecule has 0 aliphatic heterocycles. The highest BCUT2D eigenvalue weighted by atomic mass is 31.2. The quantitative estimate of drug-likeness (QED) is 0.0222. The van der Waals surface area contributed by atoms with Crippen LogP contribution in [0.5, 0.6) is 0 Å². The minimum Gasteiger partial charge on any atom is -0.462 e. The minimum atomic E-state index is -4.96. The second-order valence-electron chi connectivity index (χ2n) is 28.0. The third kappa shape index (κ3) is 68.6. The van der Waals surface area contributed by atoms with Gasteiger partial charge in [-0.2, -0.15) is 0 Å². The molecule has 17 nitrogen and oxygen atoms in total. The van der Waals surface area contributed by atoms with Crippen molar-refractivity contribution in [1.29, 1.82) is 0 Å². The second-order valence-corrected chi connectivity index (χ2v) is 30.9. The molecule has 0 aromatic heterocycles. The summed E-state index contributed by atoms with van der Waals surface area (Å²) in [5.41, 5.74) is 0. The standard InChI is InChI=1S/C75H146O17P2/c1-7-9-11-13-15-17-18-19-23-28-35-41-47-53-59-74(79)91-70(63-85-72(77)57-51-45-39-31-16-14-12-10-8-2)65-89-93(81,82)87-61-69(76)62-88-94(83,84)90-66-71(64-86-73(78)58-52-46-40-34-30-25-27-33-38-44-50-56-68(5)6)92-75(80)60-54-48-42-36-29-24-21-20-22-26-32-37-43-49-55-67(3)4/h67-71,76H,7-66H2,1-6H3,(H,81,82)(H,83,84)/t69-,70+,71+/m0/s1. The lowest BCUT2D eigenvalue weighted by atomic mass is 10.0. The summed E-state index contributed by atoms with van der Waals surface area (Å²) in [6, 6.07) is 0. The van der Waals surface area contributed by atoms with Gasteiger partial charge in [0.05, 0.1) is 26.4 Å². The van der Waals surface area contributed by atoms with Gasteiger partial charge in [0.2, 0.25) is 0 Å². The third-order valence-electron chi connectivity index (χ3n) is 17.5. The van der Waals surface area contributed by atoms with Crippen LogP contribution in [0.25, 0.3) is 0 Å². The molecule has 94 heavy (non-hydrogen) atoms. The summed E-state index contributed by atoms with van der Waals surface area (Å²) in [4.78, 5) is 72.7. The van der Waals surface area contributed by atoms with Crippen LogP contribution in [0.3, 0.4) is 0 Å². The van der Waals surface area contributed by atoms with Crippen LogP contribution in [0, 0.1) is 11.8 Å². The summed E-state index contributed by atoms with van der Waals surface area (Å²) in [6.07, 6.45) is 54.0. The molecule has 0 aromatic rings. The Kier molecular flexibility index (Phi) is 65.5. The number of rotatable bonds is 74. The molecular formula is C75H146O17P2. The highest BCUT2D eigenvalue weighted by Crippen LogP contribution is 2.45. The Morgan fingerprint density at radius 2 is 0.489 bits per heavy atom. The molecule has 0 rings (SSSR count). The van der Waals surface area contributed by atoms with Gasteiger partial charge in [-0.15, -0.1) is 0 Å². The van der Waals surface area contributed by atoms with Crippen molar-refractivity contribution in [2.75, 3.05) is 39.6 Å². The molecule has 558 valence electrons. The Hall–Kier alpha value is -1.94. The molecule has 0 spiro atoms. The minimum absolute atomic E-state index is 0.108. The van der Waals surface area contributed by atoms with Crippen LogP contribution in [0.2, 0.25) is 0 Å². The van der Waals surface area contributed by atoms with Crippen LogP contribution in [0.1, 0.15) is 388 Å². The molecule has 0 radical (unpaired) electrons. The number of esters is 4. The first-order chi connectivity index (χ1) is 45.4. The largest absolute Gasteiger partial charge is 0.472 e. The first kappa shape index (κ1) is 92.1. The lowest BCUT2D eigenvalue weighted by Gasteiger charge is -2.21. The van der Waals surface area contributed by atoms with E-state index in [0.717, 1.165) is 102 Å². The van der Waals surface area contributed by atoms with Gasteiger partial charge in [-0.3, -0.25) is 37.3 Å². The topological polar surface area (TPSA) is 237 Å². The summed E-state index contributed by atoms with van der Waals surface area (Å²) in [7, 11) is -9.91. The molecule has 0 saturated carbocycles. The van der Waals surface area contributed by atoms with Gasteiger partial charge in [0.15, 0.2) is 12.2 Å². The first-order valence-electron chi connectivity index (χ1n) is 39.0. The van der Waals surface area contributed by atoms with Gasteiger partial charge >= 0.3 is 39.5 Å². The molecule has 0 aliphatic carbocycles. The number of unbranched alkanes of at least 4 members (excludes halogenated alkanes) is 44. The smallest absolute Gasteiger partial charge is 0.462 e. The molecule has 2 unspecified atom stereocenters. The second kappa shape index (κ2) is 66.9. The number of carbonyl (C=O) groups is 4. The zero-order valence-electron chi connectivity index (χ0n) is 61.3. The maximum absolute atomic E-state index is 13.1. The predicted octanol–water partition coefficient (Wildman–Crippen LogP) is 21.9. The molecule has 19 heteroatoms. The average Bonchev–Trinajstić information content (AvgIpc) is 1.53. The Balaban J connectivity index is 5.23. The van der Waals surface area contributed by atoms with E-state index in [1.807, 2.05) is 0 Å².